The molecular weight excluding hydrogens is 314 g/mol. The number of benzene rings is 2. The predicted octanol–water partition coefficient (Wildman–Crippen LogP) is 6.48. The van der Waals surface area contributed by atoms with Gasteiger partial charge in [-0.3, -0.25) is 4.98 Å². The van der Waals surface area contributed by atoms with Gasteiger partial charge in [0.05, 0.1) is 11.2 Å². The average Bonchev–Trinajstić information content (AvgIpc) is 3.20. The maximum absolute atomic E-state index is 8.26. The minimum Gasteiger partial charge on any atom is -0.455 e. The number of aryl methyl sites for hydroxylation is 2. The molecule has 116 valence electrons. The first-order valence-electron chi connectivity index (χ1n) is 9.67. The second-order valence-corrected chi connectivity index (χ2v) is 7.09. The third-order valence-corrected chi connectivity index (χ3v) is 5.69. The van der Waals surface area contributed by atoms with E-state index in [1.165, 1.54) is 15.1 Å². The van der Waals surface area contributed by atoms with Gasteiger partial charge in [0.15, 0.2) is 0 Å². The maximum atomic E-state index is 8.26. The molecule has 0 atom stereocenters. The number of nitrogens with zero attached hydrogens (tertiary/aromatic N) is 1. The zero-order valence-corrected chi connectivity index (χ0v) is 14.0. The molecule has 0 aliphatic heterocycles. The lowest BCUT2D eigenvalue weighted by atomic mass is 10.0. The van der Waals surface area contributed by atoms with Crippen molar-refractivity contribution in [2.24, 2.45) is 0 Å². The van der Waals surface area contributed by atoms with E-state index < -0.39 is 0 Å². The van der Waals surface area contributed by atoms with Crippen LogP contribution in [0.3, 0.4) is 0 Å². The van der Waals surface area contributed by atoms with Crippen LogP contribution in [0.1, 0.15) is 15.9 Å². The highest BCUT2D eigenvalue weighted by molar-refractivity contribution is 7.19. The highest BCUT2D eigenvalue weighted by Gasteiger charge is 2.17. The summed E-state index contributed by atoms with van der Waals surface area (Å²) in [7, 11) is 0. The summed E-state index contributed by atoms with van der Waals surface area (Å²) < 4.78 is 39.3. The largest absolute Gasteiger partial charge is 0.455 e. The highest BCUT2D eigenvalue weighted by atomic mass is 32.1. The van der Waals surface area contributed by atoms with Gasteiger partial charge in [-0.15, -0.1) is 11.3 Å². The zero-order chi connectivity index (χ0) is 19.7. The van der Waals surface area contributed by atoms with Gasteiger partial charge in [0.25, 0.3) is 0 Å². The Balaban J connectivity index is 1.93. The molecule has 0 fully saturated rings. The van der Waals surface area contributed by atoms with Crippen LogP contribution < -0.4 is 0 Å². The topological polar surface area (TPSA) is 26.0 Å². The van der Waals surface area contributed by atoms with Crippen molar-refractivity contribution in [2.75, 3.05) is 0 Å². The van der Waals surface area contributed by atoms with E-state index in [1.807, 2.05) is 12.1 Å². The molecule has 3 heterocycles. The summed E-state index contributed by atoms with van der Waals surface area (Å²) in [5.41, 5.74) is 3.36. The molecule has 0 spiro atoms. The molecule has 0 bridgehead atoms. The van der Waals surface area contributed by atoms with E-state index >= 15 is 0 Å². The number of aromatic nitrogens is 1. The lowest BCUT2D eigenvalue weighted by Gasteiger charge is -2.00. The van der Waals surface area contributed by atoms with Crippen LogP contribution in [0, 0.1) is 13.8 Å². The summed E-state index contributed by atoms with van der Waals surface area (Å²) >= 11 is 1.74. The fraction of sp³-hybridized carbons (Fsp3) is 0.0952. The van der Waals surface area contributed by atoms with Gasteiger partial charge in [-0.2, -0.15) is 0 Å². The fourth-order valence-corrected chi connectivity index (χ4v) is 4.31. The van der Waals surface area contributed by atoms with E-state index in [-0.39, 0.29) is 30.0 Å². The number of hydrogen-bond donors (Lipinski definition) is 0. The third kappa shape index (κ3) is 1.79. The van der Waals surface area contributed by atoms with Crippen molar-refractivity contribution in [1.29, 1.82) is 0 Å². The molecule has 3 heteroatoms. The molecule has 0 radical (unpaired) electrons. The molecule has 2 aromatic carbocycles. The molecule has 5 rings (SSSR count). The van der Waals surface area contributed by atoms with Crippen LogP contribution in [-0.2, 0) is 0 Å². The second-order valence-electron chi connectivity index (χ2n) is 5.83. The number of thiophene rings is 1. The van der Waals surface area contributed by atoms with Crippen molar-refractivity contribution in [3.8, 4) is 11.3 Å². The van der Waals surface area contributed by atoms with Crippen LogP contribution in [0.25, 0.3) is 43.3 Å². The number of pyridine rings is 1. The molecule has 0 aliphatic rings. The van der Waals surface area contributed by atoms with Crippen molar-refractivity contribution < 1.29 is 9.90 Å². The van der Waals surface area contributed by atoms with Crippen LogP contribution in [0.4, 0.5) is 0 Å². The fourth-order valence-electron chi connectivity index (χ4n) is 3.25. The highest BCUT2D eigenvalue weighted by Crippen LogP contribution is 2.41. The normalized spacial score (nSPS) is 14.1. The minimum absolute atomic E-state index is 0.165. The first-order chi connectivity index (χ1) is 13.4. The smallest absolute Gasteiger partial charge is 0.144 e. The third-order valence-electron chi connectivity index (χ3n) is 4.52. The molecule has 0 saturated carbocycles. The molecule has 0 aliphatic carbocycles. The van der Waals surface area contributed by atoms with Crippen LogP contribution >= 0.6 is 11.3 Å². The number of furan rings is 1. The summed E-state index contributed by atoms with van der Waals surface area (Å²) in [4.78, 5) is 5.37. The van der Waals surface area contributed by atoms with E-state index in [1.54, 1.807) is 17.4 Å². The quantitative estimate of drug-likeness (QED) is 0.351. The van der Waals surface area contributed by atoms with Crippen molar-refractivity contribution >= 4 is 43.4 Å². The van der Waals surface area contributed by atoms with Crippen LogP contribution in [0.5, 0.6) is 0 Å². The molecular formula is C21H15NOS. The molecule has 24 heavy (non-hydrogen) atoms. The lowest BCUT2D eigenvalue weighted by Crippen LogP contribution is -1.81. The maximum Gasteiger partial charge on any atom is 0.144 e. The van der Waals surface area contributed by atoms with Gasteiger partial charge in [0.2, 0.25) is 0 Å². The first kappa shape index (κ1) is 10.3. The van der Waals surface area contributed by atoms with Gasteiger partial charge in [-0.05, 0) is 49.7 Å². The summed E-state index contributed by atoms with van der Waals surface area (Å²) in [6.07, 6.45) is -0.309. The summed E-state index contributed by atoms with van der Waals surface area (Å²) in [5.74, 6) is 0. The molecule has 2 nitrogen and oxygen atoms in total. The lowest BCUT2D eigenvalue weighted by molar-refractivity contribution is 0.673. The van der Waals surface area contributed by atoms with Crippen LogP contribution in [0.2, 0.25) is 0 Å². The summed E-state index contributed by atoms with van der Waals surface area (Å²) in [5, 5.41) is 3.00. The van der Waals surface area contributed by atoms with E-state index in [0.717, 1.165) is 21.7 Å². The van der Waals surface area contributed by atoms with E-state index in [9.17, 15) is 0 Å². The summed E-state index contributed by atoms with van der Waals surface area (Å²) in [6.45, 7) is 4.20. The molecule has 0 saturated heterocycles. The van der Waals surface area contributed by atoms with Gasteiger partial charge in [-0.25, -0.2) is 0 Å². The molecule has 3 aromatic heterocycles. The zero-order valence-electron chi connectivity index (χ0n) is 17.2. The Labute approximate surface area is 149 Å². The predicted molar refractivity (Wildman–Crippen MR) is 102 cm³/mol. The number of para-hydroxylation sites is 1. The Bertz CT molecular complexity index is 1430. The van der Waals surface area contributed by atoms with E-state index in [4.69, 9.17) is 9.90 Å². The average molecular weight is 333 g/mol. The van der Waals surface area contributed by atoms with Gasteiger partial charge in [-0.1, -0.05) is 18.2 Å². The Morgan fingerprint density at radius 3 is 2.83 bits per heavy atom. The number of rotatable bonds is 1. The van der Waals surface area contributed by atoms with Gasteiger partial charge in [0, 0.05) is 37.5 Å². The Kier molecular flexibility index (Phi) is 2.10. The minimum atomic E-state index is -0.336. The Morgan fingerprint density at radius 2 is 1.92 bits per heavy atom. The van der Waals surface area contributed by atoms with Gasteiger partial charge in [0.1, 0.15) is 11.2 Å². The summed E-state index contributed by atoms with van der Waals surface area (Å²) in [6, 6.07) is 8.99. The van der Waals surface area contributed by atoms with E-state index in [2.05, 4.69) is 31.0 Å². The first-order valence-corrected chi connectivity index (χ1v) is 8.48. The number of fused-ring (bicyclic) bond motifs is 5. The van der Waals surface area contributed by atoms with Gasteiger partial charge < -0.3 is 4.42 Å². The molecule has 0 N–H and O–H groups in total. The van der Waals surface area contributed by atoms with Gasteiger partial charge >= 0.3 is 0 Å². The standard InChI is InChI=1S/C21H15NOS/c1-12-13(2)24-18-10-9-15-14-6-5-7-16(17-8-3-4-11-22-17)20(14)23-21(15)19(12)18/h3-11H,1-2H3/i3D,4D,8D,11D. The van der Waals surface area contributed by atoms with E-state index in [0.29, 0.717) is 11.1 Å². The van der Waals surface area contributed by atoms with Crippen molar-refractivity contribution in [3.63, 3.8) is 0 Å². The van der Waals surface area contributed by atoms with Crippen LogP contribution in [0.15, 0.2) is 59.0 Å². The Hall–Kier alpha value is -2.65. The second kappa shape index (κ2) is 4.92. The monoisotopic (exact) mass is 333 g/mol. The van der Waals surface area contributed by atoms with Crippen LogP contribution in [-0.4, -0.2) is 4.98 Å². The van der Waals surface area contributed by atoms with Crippen molar-refractivity contribution in [3.05, 3.63) is 65.1 Å². The van der Waals surface area contributed by atoms with Crippen molar-refractivity contribution in [1.82, 2.24) is 4.98 Å². The molecule has 5 aromatic rings. The SMILES string of the molecule is [2H]c1nc(-c2cccc3c2oc2c3ccc3sc(C)c(C)c32)c([2H])c([2H])c1[2H]. The Morgan fingerprint density at radius 1 is 1.04 bits per heavy atom. The molecule has 0 unspecified atom stereocenters. The number of hydrogen-bond acceptors (Lipinski definition) is 3. The van der Waals surface area contributed by atoms with Crippen molar-refractivity contribution in [2.45, 2.75) is 13.8 Å². The molecule has 0 amide bonds.